The maximum atomic E-state index is 12.9. The van der Waals surface area contributed by atoms with E-state index in [1.54, 1.807) is 7.11 Å². The Morgan fingerprint density at radius 3 is 2.44 bits per heavy atom. The van der Waals surface area contributed by atoms with Gasteiger partial charge in [0.1, 0.15) is 11.8 Å². The van der Waals surface area contributed by atoms with E-state index in [0.29, 0.717) is 26.2 Å². The van der Waals surface area contributed by atoms with Gasteiger partial charge >= 0.3 is 0 Å². The van der Waals surface area contributed by atoms with Gasteiger partial charge in [-0.1, -0.05) is 46.2 Å². The molecule has 0 saturated carbocycles. The lowest BCUT2D eigenvalue weighted by molar-refractivity contribution is -0.132. The molecular weight excluding hydrogens is 462 g/mol. The van der Waals surface area contributed by atoms with E-state index in [4.69, 9.17) is 25.7 Å². The number of rotatable bonds is 18. The Hall–Kier alpha value is -2.20. The van der Waals surface area contributed by atoms with Gasteiger partial charge in [0.15, 0.2) is 0 Å². The quantitative estimate of drug-likeness (QED) is 0.222. The summed E-state index contributed by atoms with van der Waals surface area (Å²) in [6, 6.07) is 4.46. The largest absolute Gasteiger partial charge is 0.493 e. The topological polar surface area (TPSA) is 146 Å². The summed E-state index contributed by atoms with van der Waals surface area (Å²) in [6.07, 6.45) is 0.716. The number of nitrogens with one attached hydrogen (secondary N) is 1. The molecule has 0 saturated heterocycles. The number of benzene rings is 1. The van der Waals surface area contributed by atoms with E-state index in [-0.39, 0.29) is 30.8 Å². The average molecular weight is 510 g/mol. The number of nitrogens with two attached hydrogens (primary N) is 2. The van der Waals surface area contributed by atoms with Crippen LogP contribution in [0.25, 0.3) is 0 Å². The summed E-state index contributed by atoms with van der Waals surface area (Å²) in [5.74, 6) is -0.740. The highest BCUT2D eigenvalue weighted by atomic mass is 16.5. The number of primary amides is 1. The SMILES string of the molecule is CC[C@H](C)[C@H](NC(=O)[C@@H](C[C@H](O)[C@@H](N)COCc1ccc(C)c(OCCCOC)c1)C(C)C)C(N)=O. The fourth-order valence-electron chi connectivity index (χ4n) is 3.81. The molecule has 0 radical (unpaired) electrons. The first-order valence-corrected chi connectivity index (χ1v) is 12.8. The zero-order valence-electron chi connectivity index (χ0n) is 22.8. The molecule has 0 aliphatic rings. The molecule has 0 aliphatic carbocycles. The molecular formula is C27H47N3O6. The van der Waals surface area contributed by atoms with Gasteiger partial charge in [-0.3, -0.25) is 9.59 Å². The van der Waals surface area contributed by atoms with E-state index in [1.807, 2.05) is 52.8 Å². The number of aliphatic hydroxyl groups excluding tert-OH is 1. The average Bonchev–Trinajstić information content (AvgIpc) is 2.83. The summed E-state index contributed by atoms with van der Waals surface area (Å²) in [5.41, 5.74) is 13.6. The maximum Gasteiger partial charge on any atom is 0.240 e. The fraction of sp³-hybridized carbons (Fsp3) is 0.704. The maximum absolute atomic E-state index is 12.9. The van der Waals surface area contributed by atoms with Crippen LogP contribution >= 0.6 is 0 Å². The highest BCUT2D eigenvalue weighted by molar-refractivity contribution is 5.87. The van der Waals surface area contributed by atoms with E-state index in [9.17, 15) is 14.7 Å². The number of hydrogen-bond donors (Lipinski definition) is 4. The number of ether oxygens (including phenoxy) is 3. The van der Waals surface area contributed by atoms with Crippen LogP contribution < -0.4 is 21.5 Å². The molecule has 0 fully saturated rings. The van der Waals surface area contributed by atoms with Crippen molar-refractivity contribution in [3.63, 3.8) is 0 Å². The van der Waals surface area contributed by atoms with Crippen molar-refractivity contribution in [3.05, 3.63) is 29.3 Å². The van der Waals surface area contributed by atoms with Gasteiger partial charge in [0.25, 0.3) is 0 Å². The molecule has 0 spiro atoms. The second-order valence-electron chi connectivity index (χ2n) is 9.90. The summed E-state index contributed by atoms with van der Waals surface area (Å²) in [7, 11) is 1.66. The lowest BCUT2D eigenvalue weighted by Crippen LogP contribution is -2.51. The second-order valence-corrected chi connectivity index (χ2v) is 9.90. The molecule has 9 heteroatoms. The fourth-order valence-corrected chi connectivity index (χ4v) is 3.81. The molecule has 1 aromatic carbocycles. The van der Waals surface area contributed by atoms with Crippen molar-refractivity contribution in [1.29, 1.82) is 0 Å². The van der Waals surface area contributed by atoms with E-state index >= 15 is 0 Å². The van der Waals surface area contributed by atoms with Crippen molar-refractivity contribution >= 4 is 11.8 Å². The molecule has 1 aromatic rings. The first kappa shape index (κ1) is 31.8. The van der Waals surface area contributed by atoms with Crippen LogP contribution in [-0.4, -0.2) is 62.0 Å². The number of hydrogen-bond acceptors (Lipinski definition) is 7. The third-order valence-corrected chi connectivity index (χ3v) is 6.53. The Morgan fingerprint density at radius 1 is 1.17 bits per heavy atom. The third kappa shape index (κ3) is 10.8. The highest BCUT2D eigenvalue weighted by Crippen LogP contribution is 2.22. The summed E-state index contributed by atoms with van der Waals surface area (Å²) < 4.78 is 16.6. The van der Waals surface area contributed by atoms with Gasteiger partial charge in [-0.2, -0.15) is 0 Å². The van der Waals surface area contributed by atoms with Gasteiger partial charge in [-0.15, -0.1) is 0 Å². The molecule has 0 aromatic heterocycles. The third-order valence-electron chi connectivity index (χ3n) is 6.53. The number of methoxy groups -OCH3 is 1. The summed E-state index contributed by atoms with van der Waals surface area (Å²) in [4.78, 5) is 24.7. The van der Waals surface area contributed by atoms with Crippen molar-refractivity contribution in [2.45, 2.75) is 78.7 Å². The lowest BCUT2D eigenvalue weighted by atomic mass is 9.86. The van der Waals surface area contributed by atoms with Gasteiger partial charge in [0.2, 0.25) is 11.8 Å². The molecule has 0 aliphatic heterocycles. The summed E-state index contributed by atoms with van der Waals surface area (Å²) in [6.45, 7) is 11.2. The Morgan fingerprint density at radius 2 is 1.86 bits per heavy atom. The smallest absolute Gasteiger partial charge is 0.240 e. The van der Waals surface area contributed by atoms with Crippen molar-refractivity contribution in [2.24, 2.45) is 29.2 Å². The van der Waals surface area contributed by atoms with Crippen LogP contribution in [0.3, 0.4) is 0 Å². The zero-order chi connectivity index (χ0) is 27.3. The van der Waals surface area contributed by atoms with Crippen LogP contribution in [-0.2, 0) is 25.7 Å². The molecule has 0 heterocycles. The first-order valence-electron chi connectivity index (χ1n) is 12.8. The Balaban J connectivity index is 2.63. The highest BCUT2D eigenvalue weighted by Gasteiger charge is 2.31. The van der Waals surface area contributed by atoms with E-state index in [2.05, 4.69) is 5.32 Å². The van der Waals surface area contributed by atoms with E-state index in [0.717, 1.165) is 23.3 Å². The van der Waals surface area contributed by atoms with Gasteiger partial charge in [0, 0.05) is 26.1 Å². The van der Waals surface area contributed by atoms with E-state index in [1.165, 1.54) is 0 Å². The number of carbonyl (C=O) groups excluding carboxylic acids is 2. The Kier molecular flexibility index (Phi) is 14.6. The van der Waals surface area contributed by atoms with Crippen molar-refractivity contribution in [3.8, 4) is 5.75 Å². The lowest BCUT2D eigenvalue weighted by Gasteiger charge is -2.29. The molecule has 0 unspecified atom stereocenters. The molecule has 2 amide bonds. The molecule has 9 nitrogen and oxygen atoms in total. The second kappa shape index (κ2) is 16.5. The monoisotopic (exact) mass is 509 g/mol. The number of aryl methyl sites for hydroxylation is 1. The molecule has 36 heavy (non-hydrogen) atoms. The molecule has 1 rings (SSSR count). The molecule has 206 valence electrons. The minimum Gasteiger partial charge on any atom is -0.493 e. The Labute approximate surface area is 216 Å². The van der Waals surface area contributed by atoms with Crippen LogP contribution in [0.5, 0.6) is 5.75 Å². The van der Waals surface area contributed by atoms with E-state index < -0.39 is 30.0 Å². The summed E-state index contributed by atoms with van der Waals surface area (Å²) in [5, 5.41) is 13.5. The molecule has 0 bridgehead atoms. The molecule has 5 atom stereocenters. The standard InChI is InChI=1S/C27H47N3O6/c1-7-18(4)25(26(29)32)30-27(33)21(17(2)3)14-23(31)22(28)16-35-15-20-10-9-19(5)24(13-20)36-12-8-11-34-6/h9-10,13,17-18,21-23,25,31H,7-8,11-12,14-16,28H2,1-6H3,(H2,29,32)(H,30,33)/t18-,21-,22-,23-,25-/m0/s1. The van der Waals surface area contributed by atoms with Crippen molar-refractivity contribution < 1.29 is 28.9 Å². The Bertz CT molecular complexity index is 804. The molecule has 6 N–H and O–H groups in total. The van der Waals surface area contributed by atoms with Gasteiger partial charge in [-0.25, -0.2) is 0 Å². The van der Waals surface area contributed by atoms with Gasteiger partial charge in [0.05, 0.1) is 32.0 Å². The van der Waals surface area contributed by atoms with Crippen LogP contribution in [0.1, 0.15) is 58.1 Å². The van der Waals surface area contributed by atoms with Crippen molar-refractivity contribution in [1.82, 2.24) is 5.32 Å². The zero-order valence-corrected chi connectivity index (χ0v) is 22.8. The van der Waals surface area contributed by atoms with Crippen LogP contribution in [0.4, 0.5) is 0 Å². The van der Waals surface area contributed by atoms with Gasteiger partial charge < -0.3 is 36.1 Å². The van der Waals surface area contributed by atoms with Crippen molar-refractivity contribution in [2.75, 3.05) is 26.9 Å². The normalized spacial score (nSPS) is 15.7. The van der Waals surface area contributed by atoms with Crippen LogP contribution in [0.15, 0.2) is 18.2 Å². The van der Waals surface area contributed by atoms with Crippen LogP contribution in [0, 0.1) is 24.7 Å². The van der Waals surface area contributed by atoms with Gasteiger partial charge in [-0.05, 0) is 42.4 Å². The number of amides is 2. The first-order chi connectivity index (χ1) is 17.0. The predicted octanol–water partition coefficient (Wildman–Crippen LogP) is 2.29. The number of aliphatic hydroxyl groups is 1. The predicted molar refractivity (Wildman–Crippen MR) is 140 cm³/mol. The number of carbonyl (C=O) groups is 2. The minimum atomic E-state index is -0.948. The summed E-state index contributed by atoms with van der Waals surface area (Å²) >= 11 is 0. The van der Waals surface area contributed by atoms with Crippen LogP contribution in [0.2, 0.25) is 0 Å². The minimum absolute atomic E-state index is 0.0619.